The van der Waals surface area contributed by atoms with Gasteiger partial charge in [-0.15, -0.1) is 11.3 Å². The summed E-state index contributed by atoms with van der Waals surface area (Å²) in [7, 11) is 6.85. The molecular formula is C34H43N5O8S. The Hall–Kier alpha value is -3.79. The topological polar surface area (TPSA) is 191 Å². The van der Waals surface area contributed by atoms with E-state index in [2.05, 4.69) is 9.80 Å². The number of aromatic hydroxyl groups is 1. The van der Waals surface area contributed by atoms with Crippen LogP contribution >= 0.6 is 11.3 Å². The second-order valence-electron chi connectivity index (χ2n) is 13.6. The lowest BCUT2D eigenvalue weighted by Crippen LogP contribution is -2.65. The van der Waals surface area contributed by atoms with Crippen LogP contribution in [0, 0.1) is 11.8 Å². The summed E-state index contributed by atoms with van der Waals surface area (Å²) in [6.07, 6.45) is 0.248. The van der Waals surface area contributed by atoms with Crippen LogP contribution in [0.3, 0.4) is 0 Å². The van der Waals surface area contributed by atoms with Gasteiger partial charge in [0.15, 0.2) is 11.4 Å². The molecule has 0 bridgehead atoms. The first-order valence-corrected chi connectivity index (χ1v) is 16.9. The lowest BCUT2D eigenvalue weighted by atomic mass is 9.57. The molecule has 3 aliphatic carbocycles. The average molecular weight is 682 g/mol. The van der Waals surface area contributed by atoms with E-state index in [1.807, 2.05) is 37.2 Å². The zero-order valence-electron chi connectivity index (χ0n) is 27.6. The van der Waals surface area contributed by atoms with Crippen molar-refractivity contribution < 1.29 is 39.9 Å². The van der Waals surface area contributed by atoms with Gasteiger partial charge in [0, 0.05) is 85.9 Å². The quantitative estimate of drug-likeness (QED) is 0.216. The van der Waals surface area contributed by atoms with Crippen molar-refractivity contribution >= 4 is 40.3 Å². The lowest BCUT2D eigenvalue weighted by molar-refractivity contribution is -0.153. The lowest BCUT2D eigenvalue weighted by Gasteiger charge is -2.50. The Labute approximate surface area is 282 Å². The summed E-state index contributed by atoms with van der Waals surface area (Å²) in [6.45, 7) is 5.05. The summed E-state index contributed by atoms with van der Waals surface area (Å²) in [6, 6.07) is 4.67. The van der Waals surface area contributed by atoms with Crippen molar-refractivity contribution in [3.63, 3.8) is 0 Å². The maximum atomic E-state index is 14.3. The van der Waals surface area contributed by atoms with E-state index in [0.29, 0.717) is 17.7 Å². The largest absolute Gasteiger partial charge is 0.508 e. The highest BCUT2D eigenvalue weighted by molar-refractivity contribution is 7.15. The number of primary amides is 1. The number of benzene rings is 1. The number of piperazine rings is 1. The number of nitrogens with zero attached hydrogens (tertiary/aromatic N) is 4. The van der Waals surface area contributed by atoms with E-state index in [4.69, 9.17) is 5.73 Å². The number of nitrogens with two attached hydrogens (primary N) is 1. The first kappa shape index (κ1) is 34.1. The average Bonchev–Trinajstić information content (AvgIpc) is 3.47. The first-order chi connectivity index (χ1) is 22.7. The SMILES string of the molecule is CN(C)c1cc(-c2ccc(CN3CCN(CCO)CC3)s2)c(O)c2c1C[C@H]1C[C@H]3[C@H](N(C)C)C(=O)C(C(N)=O)=C(O)[C@@]3(O)C(=O)C1=C2O. The van der Waals surface area contributed by atoms with E-state index in [9.17, 15) is 39.9 Å². The Morgan fingerprint density at radius 3 is 2.33 bits per heavy atom. The Morgan fingerprint density at radius 2 is 1.73 bits per heavy atom. The van der Waals surface area contributed by atoms with Gasteiger partial charge in [-0.2, -0.15) is 0 Å². The molecular weight excluding hydrogens is 638 g/mol. The molecule has 13 nitrogen and oxygen atoms in total. The van der Waals surface area contributed by atoms with Gasteiger partial charge in [-0.05, 0) is 56.6 Å². The van der Waals surface area contributed by atoms with Crippen LogP contribution < -0.4 is 10.6 Å². The third-order valence-corrected chi connectivity index (χ3v) is 11.5. The third-order valence-electron chi connectivity index (χ3n) is 10.4. The third kappa shape index (κ3) is 5.31. The van der Waals surface area contributed by atoms with Crippen LogP contribution in [0.5, 0.6) is 5.75 Å². The van der Waals surface area contributed by atoms with Crippen molar-refractivity contribution in [2.45, 2.75) is 31.0 Å². The normalized spacial score (nSPS) is 26.5. The number of aliphatic hydroxyl groups is 4. The summed E-state index contributed by atoms with van der Waals surface area (Å²) in [5.74, 6) is -6.69. The Kier molecular flexibility index (Phi) is 8.94. The molecule has 0 radical (unpaired) electrons. The molecule has 2 aromatic rings. The number of β-amino-alcohol motifs (C(OH)–C–C–N with tert-alkyl or cyclic N) is 1. The van der Waals surface area contributed by atoms with E-state index >= 15 is 0 Å². The number of hydrogen-bond acceptors (Lipinski definition) is 13. The molecule has 2 heterocycles. The van der Waals surface area contributed by atoms with Crippen molar-refractivity contribution in [1.29, 1.82) is 0 Å². The number of aliphatic hydroxyl groups excluding tert-OH is 3. The maximum absolute atomic E-state index is 14.3. The molecule has 7 N–H and O–H groups in total. The van der Waals surface area contributed by atoms with Gasteiger partial charge in [-0.3, -0.25) is 29.1 Å². The van der Waals surface area contributed by atoms with Crippen molar-refractivity contribution in [2.24, 2.45) is 17.6 Å². The fourth-order valence-electron chi connectivity index (χ4n) is 8.02. The van der Waals surface area contributed by atoms with Crippen molar-refractivity contribution in [1.82, 2.24) is 14.7 Å². The van der Waals surface area contributed by atoms with Crippen LogP contribution in [0.2, 0.25) is 0 Å². The van der Waals surface area contributed by atoms with Crippen molar-refractivity contribution in [2.75, 3.05) is 72.4 Å². The van der Waals surface area contributed by atoms with E-state index in [-0.39, 0.29) is 36.3 Å². The number of thiophene rings is 1. The van der Waals surface area contributed by atoms with E-state index in [1.165, 1.54) is 16.2 Å². The Balaban J connectivity index is 1.41. The van der Waals surface area contributed by atoms with Gasteiger partial charge < -0.3 is 36.2 Å². The van der Waals surface area contributed by atoms with Crippen LogP contribution in [-0.4, -0.2) is 137 Å². The van der Waals surface area contributed by atoms with Gasteiger partial charge in [-0.25, -0.2) is 0 Å². The van der Waals surface area contributed by atoms with Gasteiger partial charge in [0.2, 0.25) is 5.78 Å². The molecule has 1 aliphatic heterocycles. The number of likely N-dealkylation sites (N-methyl/N-ethyl adjacent to an activating group) is 1. The highest BCUT2D eigenvalue weighted by Gasteiger charge is 2.64. The monoisotopic (exact) mass is 681 g/mol. The maximum Gasteiger partial charge on any atom is 0.255 e. The van der Waals surface area contributed by atoms with E-state index in [0.717, 1.165) is 48.2 Å². The predicted molar refractivity (Wildman–Crippen MR) is 181 cm³/mol. The molecule has 1 aromatic carbocycles. The number of carbonyl (C=O) groups excluding carboxylic acids is 3. The van der Waals surface area contributed by atoms with Crippen LogP contribution in [0.15, 0.2) is 35.1 Å². The predicted octanol–water partition coefficient (Wildman–Crippen LogP) is 0.868. The minimum Gasteiger partial charge on any atom is -0.508 e. The number of phenols is 1. The standard InChI is InChI=1S/C34H43N5O8S/c1-36(2)22-15-20(23-6-5-18(48-23)16-39-9-7-38(8-10-39)11-12-40)28(41)25-19(22)13-17-14-21-27(37(3)4)30(43)26(33(35)46)32(45)34(21,47)31(44)24(17)29(25)42/h5-6,15,17,21,27,40-42,45,47H,7-14,16H2,1-4H3,(H2,35,46)/t17-,21-,27-,34-/m0/s1. The highest BCUT2D eigenvalue weighted by Crippen LogP contribution is 2.55. The molecule has 14 heteroatoms. The minimum absolute atomic E-state index is 0.0314. The number of amides is 1. The smallest absolute Gasteiger partial charge is 0.255 e. The number of fused-ring (bicyclic) bond motifs is 3. The molecule has 1 amide bonds. The van der Waals surface area contributed by atoms with Crippen LogP contribution in [0.4, 0.5) is 5.69 Å². The fourth-order valence-corrected chi connectivity index (χ4v) is 9.09. The molecule has 1 saturated heterocycles. The van der Waals surface area contributed by atoms with Crippen molar-refractivity contribution in [3.05, 3.63) is 51.1 Å². The summed E-state index contributed by atoms with van der Waals surface area (Å²) >= 11 is 1.52. The van der Waals surface area contributed by atoms with Crippen molar-refractivity contribution in [3.8, 4) is 16.2 Å². The number of Topliss-reactive ketones (excluding diaryl/α,β-unsaturated/α-hetero) is 2. The number of anilines is 1. The molecule has 4 aliphatic rings. The molecule has 0 spiro atoms. The number of hydrogen-bond donors (Lipinski definition) is 6. The summed E-state index contributed by atoms with van der Waals surface area (Å²) in [5, 5.41) is 55.9. The van der Waals surface area contributed by atoms with Gasteiger partial charge >= 0.3 is 0 Å². The minimum atomic E-state index is -2.69. The molecule has 258 valence electrons. The molecule has 48 heavy (non-hydrogen) atoms. The number of rotatable bonds is 8. The van der Waals surface area contributed by atoms with Crippen LogP contribution in [0.25, 0.3) is 16.2 Å². The highest BCUT2D eigenvalue weighted by atomic mass is 32.1. The van der Waals surface area contributed by atoms with E-state index in [1.54, 1.807) is 14.1 Å². The zero-order chi connectivity index (χ0) is 34.8. The zero-order valence-corrected chi connectivity index (χ0v) is 28.4. The first-order valence-electron chi connectivity index (χ1n) is 16.1. The second-order valence-corrected chi connectivity index (χ2v) is 14.8. The number of phenolic OH excluding ortho intramolecular Hbond substituents is 1. The Morgan fingerprint density at radius 1 is 1.06 bits per heavy atom. The van der Waals surface area contributed by atoms with Gasteiger partial charge in [-0.1, -0.05) is 0 Å². The molecule has 1 saturated carbocycles. The second kappa shape index (κ2) is 12.6. The summed E-state index contributed by atoms with van der Waals surface area (Å²) < 4.78 is 0. The van der Waals surface area contributed by atoms with Crippen LogP contribution in [-0.2, 0) is 27.3 Å². The summed E-state index contributed by atoms with van der Waals surface area (Å²) in [4.78, 5) is 49.7. The van der Waals surface area contributed by atoms with Crippen LogP contribution in [0.1, 0.15) is 22.4 Å². The fraction of sp³-hybridized carbons (Fsp3) is 0.500. The van der Waals surface area contributed by atoms with E-state index < -0.39 is 58.0 Å². The van der Waals surface area contributed by atoms with Gasteiger partial charge in [0.1, 0.15) is 22.8 Å². The Bertz CT molecular complexity index is 1740. The molecule has 0 unspecified atom stereocenters. The number of ketones is 2. The molecule has 4 atom stereocenters. The molecule has 1 aromatic heterocycles. The summed E-state index contributed by atoms with van der Waals surface area (Å²) in [5.41, 5.74) is 3.63. The number of carbonyl (C=O) groups is 3. The van der Waals surface area contributed by atoms with Gasteiger partial charge in [0.05, 0.1) is 18.2 Å². The molecule has 6 rings (SSSR count). The molecule has 2 fully saturated rings. The van der Waals surface area contributed by atoms with Gasteiger partial charge in [0.25, 0.3) is 5.91 Å².